The van der Waals surface area contributed by atoms with Crippen molar-refractivity contribution < 1.29 is 40.3 Å². The van der Waals surface area contributed by atoms with Crippen molar-refractivity contribution in [3.63, 3.8) is 0 Å². The van der Waals surface area contributed by atoms with E-state index in [0.717, 1.165) is 24.3 Å². The highest BCUT2D eigenvalue weighted by atomic mass is 32.2. The minimum Gasteiger partial charge on any atom is -0.455 e. The molecular weight excluding hydrogens is 360 g/mol. The number of esters is 1. The van der Waals surface area contributed by atoms with Crippen molar-refractivity contribution in [2.24, 2.45) is 0 Å². The predicted molar refractivity (Wildman–Crippen MR) is 71.6 cm³/mol. The molecule has 2 N–H and O–H groups in total. The Morgan fingerprint density at radius 1 is 1.21 bits per heavy atom. The third-order valence-corrected chi connectivity index (χ3v) is 3.76. The number of halogens is 4. The van der Waals surface area contributed by atoms with Crippen molar-refractivity contribution in [3.8, 4) is 0 Å². The van der Waals surface area contributed by atoms with Gasteiger partial charge in [-0.25, -0.2) is 12.8 Å². The number of rotatable bonds is 7. The van der Waals surface area contributed by atoms with Gasteiger partial charge in [-0.05, 0) is 18.2 Å². The molecule has 0 fully saturated rings. The normalized spacial score (nSPS) is 11.8. The van der Waals surface area contributed by atoms with Gasteiger partial charge in [0.05, 0.1) is 4.90 Å². The van der Waals surface area contributed by atoms with Gasteiger partial charge in [-0.15, -0.1) is 0 Å². The molecule has 0 aliphatic heterocycles. The fourth-order valence-corrected chi connectivity index (χ4v) is 2.32. The molecule has 0 unspecified atom stereocenters. The SMILES string of the molecule is O=C(COC(=O)CNS(=O)(=O)c1cccc(F)c1)NCC(F)(F)F. The molecule has 12 heteroatoms. The highest BCUT2D eigenvalue weighted by Gasteiger charge is 2.27. The van der Waals surface area contributed by atoms with Gasteiger partial charge in [0.15, 0.2) is 6.61 Å². The molecule has 134 valence electrons. The number of carbonyl (C=O) groups is 2. The van der Waals surface area contributed by atoms with Crippen LogP contribution >= 0.6 is 0 Å². The lowest BCUT2D eigenvalue weighted by atomic mass is 10.4. The van der Waals surface area contributed by atoms with Gasteiger partial charge in [-0.3, -0.25) is 9.59 Å². The number of hydrogen-bond donors (Lipinski definition) is 2. The number of hydrogen-bond acceptors (Lipinski definition) is 5. The molecule has 0 heterocycles. The van der Waals surface area contributed by atoms with Gasteiger partial charge in [-0.2, -0.15) is 17.9 Å². The van der Waals surface area contributed by atoms with Gasteiger partial charge in [0.25, 0.3) is 5.91 Å². The molecule has 0 saturated carbocycles. The molecule has 1 amide bonds. The van der Waals surface area contributed by atoms with E-state index in [2.05, 4.69) is 4.74 Å². The van der Waals surface area contributed by atoms with Crippen molar-refractivity contribution in [3.05, 3.63) is 30.1 Å². The molecule has 0 aliphatic carbocycles. The van der Waals surface area contributed by atoms with Crippen molar-refractivity contribution in [2.75, 3.05) is 19.7 Å². The van der Waals surface area contributed by atoms with Crippen LogP contribution in [0.1, 0.15) is 0 Å². The van der Waals surface area contributed by atoms with Crippen molar-refractivity contribution in [2.45, 2.75) is 11.1 Å². The smallest absolute Gasteiger partial charge is 0.405 e. The molecule has 24 heavy (non-hydrogen) atoms. The third-order valence-electron chi connectivity index (χ3n) is 2.36. The first-order chi connectivity index (χ1) is 11.0. The van der Waals surface area contributed by atoms with Crippen LogP contribution in [0.5, 0.6) is 0 Å². The molecule has 0 saturated heterocycles. The Morgan fingerprint density at radius 3 is 2.46 bits per heavy atom. The van der Waals surface area contributed by atoms with Crippen molar-refractivity contribution in [1.82, 2.24) is 10.0 Å². The lowest BCUT2D eigenvalue weighted by Gasteiger charge is -2.09. The maximum atomic E-state index is 13.0. The van der Waals surface area contributed by atoms with E-state index < -0.39 is 58.5 Å². The number of ether oxygens (including phenoxy) is 1. The largest absolute Gasteiger partial charge is 0.455 e. The summed E-state index contributed by atoms with van der Waals surface area (Å²) >= 11 is 0. The van der Waals surface area contributed by atoms with Gasteiger partial charge < -0.3 is 10.1 Å². The number of carbonyl (C=O) groups excluding carboxylic acids is 2. The van der Waals surface area contributed by atoms with Crippen LogP contribution in [0.3, 0.4) is 0 Å². The highest BCUT2D eigenvalue weighted by molar-refractivity contribution is 7.89. The van der Waals surface area contributed by atoms with Crippen molar-refractivity contribution in [1.29, 1.82) is 0 Å². The molecule has 0 aromatic heterocycles. The fraction of sp³-hybridized carbons (Fsp3) is 0.333. The predicted octanol–water partition coefficient (Wildman–Crippen LogP) is 0.326. The van der Waals surface area contributed by atoms with Crippen LogP contribution in [0.2, 0.25) is 0 Å². The Bertz CT molecular complexity index is 706. The van der Waals surface area contributed by atoms with E-state index in [1.165, 1.54) is 5.32 Å². The summed E-state index contributed by atoms with van der Waals surface area (Å²) in [5.74, 6) is -3.20. The van der Waals surface area contributed by atoms with Crippen LogP contribution in [0.4, 0.5) is 17.6 Å². The Labute approximate surface area is 134 Å². The maximum Gasteiger partial charge on any atom is 0.405 e. The minimum absolute atomic E-state index is 0.432. The van der Waals surface area contributed by atoms with Crippen LogP contribution in [0.25, 0.3) is 0 Å². The number of nitrogens with one attached hydrogen (secondary N) is 2. The van der Waals surface area contributed by atoms with Crippen molar-refractivity contribution >= 4 is 21.9 Å². The molecule has 0 aliphatic rings. The maximum absolute atomic E-state index is 13.0. The van der Waals surface area contributed by atoms with Gasteiger partial charge in [0, 0.05) is 0 Å². The summed E-state index contributed by atoms with van der Waals surface area (Å²) in [6, 6.07) is 3.97. The van der Waals surface area contributed by atoms with E-state index in [9.17, 15) is 35.6 Å². The summed E-state index contributed by atoms with van der Waals surface area (Å²) in [5.41, 5.74) is 0. The number of sulfonamides is 1. The van der Waals surface area contributed by atoms with Gasteiger partial charge >= 0.3 is 12.1 Å². The zero-order valence-corrected chi connectivity index (χ0v) is 12.7. The second kappa shape index (κ2) is 8.06. The number of alkyl halides is 3. The van der Waals surface area contributed by atoms with E-state index in [-0.39, 0.29) is 0 Å². The monoisotopic (exact) mass is 372 g/mol. The first-order valence-electron chi connectivity index (χ1n) is 6.24. The molecule has 1 aromatic carbocycles. The number of benzene rings is 1. The van der Waals surface area contributed by atoms with Crippen LogP contribution in [0.15, 0.2) is 29.2 Å². The Kier molecular flexibility index (Phi) is 6.66. The Morgan fingerprint density at radius 2 is 1.88 bits per heavy atom. The molecule has 1 aromatic rings. The topological polar surface area (TPSA) is 102 Å². The highest BCUT2D eigenvalue weighted by Crippen LogP contribution is 2.12. The van der Waals surface area contributed by atoms with E-state index in [0.29, 0.717) is 0 Å². The Balaban J connectivity index is 2.42. The van der Waals surface area contributed by atoms with Crippen LogP contribution in [-0.2, 0) is 24.3 Å². The third kappa shape index (κ3) is 7.37. The van der Waals surface area contributed by atoms with E-state index in [4.69, 9.17) is 0 Å². The average molecular weight is 372 g/mol. The van der Waals surface area contributed by atoms with Crippen LogP contribution in [-0.4, -0.2) is 46.2 Å². The summed E-state index contributed by atoms with van der Waals surface area (Å²) in [7, 11) is -4.19. The van der Waals surface area contributed by atoms with E-state index >= 15 is 0 Å². The quantitative estimate of drug-likeness (QED) is 0.530. The summed E-state index contributed by atoms with van der Waals surface area (Å²) in [6.45, 7) is -3.47. The molecule has 0 bridgehead atoms. The molecule has 7 nitrogen and oxygen atoms in total. The van der Waals surface area contributed by atoms with E-state index in [1.807, 2.05) is 0 Å². The second-order valence-corrected chi connectivity index (χ2v) is 6.10. The Hall–Kier alpha value is -2.21. The first-order valence-corrected chi connectivity index (χ1v) is 7.72. The van der Waals surface area contributed by atoms with Gasteiger partial charge in [0.2, 0.25) is 10.0 Å². The lowest BCUT2D eigenvalue weighted by molar-refractivity contribution is -0.150. The van der Waals surface area contributed by atoms with Gasteiger partial charge in [-0.1, -0.05) is 6.07 Å². The minimum atomic E-state index is -4.61. The standard InChI is InChI=1S/C12H12F4N2O5S/c13-8-2-1-3-9(4-8)24(21,22)18-5-11(20)23-6-10(19)17-7-12(14,15)16/h1-4,18H,5-7H2,(H,17,19). The average Bonchev–Trinajstić information content (AvgIpc) is 2.48. The van der Waals surface area contributed by atoms with Crippen LogP contribution < -0.4 is 10.0 Å². The molecule has 1 rings (SSSR count). The van der Waals surface area contributed by atoms with Gasteiger partial charge in [0.1, 0.15) is 18.9 Å². The summed E-state index contributed by atoms with van der Waals surface area (Å²) in [4.78, 5) is 21.8. The molecule has 0 radical (unpaired) electrons. The summed E-state index contributed by atoms with van der Waals surface area (Å²) in [5, 5.41) is 1.46. The molecular formula is C12H12F4N2O5S. The zero-order chi connectivity index (χ0) is 18.4. The number of amides is 1. The molecule has 0 atom stereocenters. The zero-order valence-electron chi connectivity index (χ0n) is 11.9. The first kappa shape index (κ1) is 19.8. The second-order valence-electron chi connectivity index (χ2n) is 4.33. The summed E-state index contributed by atoms with van der Waals surface area (Å²) < 4.78 is 78.1. The van der Waals surface area contributed by atoms with Crippen LogP contribution in [0, 0.1) is 5.82 Å². The molecule has 0 spiro atoms. The fourth-order valence-electron chi connectivity index (χ4n) is 1.32. The van der Waals surface area contributed by atoms with E-state index in [1.54, 1.807) is 4.72 Å². The lowest BCUT2D eigenvalue weighted by Crippen LogP contribution is -2.37. The summed E-state index contributed by atoms with van der Waals surface area (Å²) in [6.07, 6.45) is -4.61.